The third-order valence-corrected chi connectivity index (χ3v) is 4.04. The molecular weight excluding hydrogens is 350 g/mol. The Hall–Kier alpha value is -2.37. The predicted octanol–water partition coefficient (Wildman–Crippen LogP) is 3.58. The van der Waals surface area contributed by atoms with Gasteiger partial charge in [-0.2, -0.15) is 0 Å². The maximum atomic E-state index is 12.3. The fourth-order valence-electron chi connectivity index (χ4n) is 2.54. The summed E-state index contributed by atoms with van der Waals surface area (Å²) in [7, 11) is 0. The summed E-state index contributed by atoms with van der Waals surface area (Å²) < 4.78 is 0. The quantitative estimate of drug-likeness (QED) is 0.810. The van der Waals surface area contributed by atoms with Gasteiger partial charge in [-0.05, 0) is 49.2 Å². The Balaban J connectivity index is 0.00000338. The topological polar surface area (TPSA) is 75.4 Å². The molecule has 0 bridgehead atoms. The van der Waals surface area contributed by atoms with Crippen LogP contribution in [-0.4, -0.2) is 22.8 Å². The number of carbonyl (C=O) groups is 2. The summed E-state index contributed by atoms with van der Waals surface area (Å²) in [6.45, 7) is 6.57. The van der Waals surface area contributed by atoms with Crippen molar-refractivity contribution in [2.45, 2.75) is 39.9 Å². The maximum Gasteiger partial charge on any atom is 0.255 e. The molecule has 26 heavy (non-hydrogen) atoms. The van der Waals surface area contributed by atoms with E-state index in [1.54, 1.807) is 24.0 Å². The van der Waals surface area contributed by atoms with Gasteiger partial charge in [0.1, 0.15) is 0 Å². The third kappa shape index (κ3) is 5.86. The van der Waals surface area contributed by atoms with Crippen LogP contribution in [0.5, 0.6) is 0 Å². The number of hydrogen-bond acceptors (Lipinski definition) is 3. The Morgan fingerprint density at radius 2 is 1.54 bits per heavy atom. The second-order valence-electron chi connectivity index (χ2n) is 6.29. The lowest BCUT2D eigenvalue weighted by Crippen LogP contribution is -2.34. The molecule has 0 aliphatic heterocycles. The number of carbonyl (C=O) groups excluding carboxylic acids is 2. The fraction of sp³-hybridized carbons (Fsp3) is 0.300. The van der Waals surface area contributed by atoms with Crippen LogP contribution in [0, 0.1) is 0 Å². The van der Waals surface area contributed by atoms with Gasteiger partial charge in [-0.15, -0.1) is 12.4 Å². The largest absolute Gasteiger partial charge is 0.336 e. The van der Waals surface area contributed by atoms with Gasteiger partial charge in [-0.3, -0.25) is 9.59 Å². The summed E-state index contributed by atoms with van der Waals surface area (Å²) in [5, 5.41) is 2.87. The Bertz CT molecular complexity index is 728. The van der Waals surface area contributed by atoms with Crippen LogP contribution in [-0.2, 0) is 17.9 Å². The second kappa shape index (κ2) is 9.94. The molecule has 0 aromatic heterocycles. The molecule has 140 valence electrons. The molecule has 6 heteroatoms. The highest BCUT2D eigenvalue weighted by Gasteiger charge is 2.13. The van der Waals surface area contributed by atoms with Crippen molar-refractivity contribution in [2.75, 3.05) is 5.32 Å². The Labute approximate surface area is 161 Å². The van der Waals surface area contributed by atoms with Crippen molar-refractivity contribution in [1.29, 1.82) is 0 Å². The second-order valence-corrected chi connectivity index (χ2v) is 6.29. The van der Waals surface area contributed by atoms with Gasteiger partial charge in [-0.25, -0.2) is 0 Å². The number of nitrogens with zero attached hydrogens (tertiary/aromatic N) is 1. The zero-order chi connectivity index (χ0) is 18.4. The van der Waals surface area contributed by atoms with Crippen molar-refractivity contribution < 1.29 is 9.59 Å². The van der Waals surface area contributed by atoms with E-state index in [2.05, 4.69) is 5.32 Å². The number of nitrogens with one attached hydrogen (secondary N) is 1. The van der Waals surface area contributed by atoms with Crippen LogP contribution >= 0.6 is 12.4 Å². The SMILES string of the molecule is CC(=O)N(Cc1ccc(NC(=O)c2ccc(CN)cc2)cc1)C(C)C.Cl. The lowest BCUT2D eigenvalue weighted by atomic mass is 10.1. The van der Waals surface area contributed by atoms with Crippen LogP contribution in [0.1, 0.15) is 42.3 Å². The van der Waals surface area contributed by atoms with Crippen LogP contribution < -0.4 is 11.1 Å². The zero-order valence-electron chi connectivity index (χ0n) is 15.4. The van der Waals surface area contributed by atoms with Gasteiger partial charge in [-0.1, -0.05) is 24.3 Å². The van der Waals surface area contributed by atoms with E-state index in [0.717, 1.165) is 16.8 Å². The first-order chi connectivity index (χ1) is 11.9. The summed E-state index contributed by atoms with van der Waals surface area (Å²) in [6, 6.07) is 14.9. The molecule has 0 fully saturated rings. The molecule has 2 rings (SSSR count). The number of amides is 2. The lowest BCUT2D eigenvalue weighted by Gasteiger charge is -2.25. The molecular formula is C20H26ClN3O2. The molecule has 0 heterocycles. The zero-order valence-corrected chi connectivity index (χ0v) is 16.2. The fourth-order valence-corrected chi connectivity index (χ4v) is 2.54. The van der Waals surface area contributed by atoms with E-state index in [4.69, 9.17) is 5.73 Å². The molecule has 2 amide bonds. The smallest absolute Gasteiger partial charge is 0.255 e. The molecule has 0 aliphatic rings. The van der Waals surface area contributed by atoms with E-state index in [1.807, 2.05) is 50.2 Å². The van der Waals surface area contributed by atoms with Crippen LogP contribution in [0.25, 0.3) is 0 Å². The maximum absolute atomic E-state index is 12.3. The highest BCUT2D eigenvalue weighted by Crippen LogP contribution is 2.15. The third-order valence-electron chi connectivity index (χ3n) is 4.04. The van der Waals surface area contributed by atoms with Gasteiger partial charge < -0.3 is 16.0 Å². The molecule has 0 radical (unpaired) electrons. The molecule has 0 aliphatic carbocycles. The Morgan fingerprint density at radius 3 is 2.00 bits per heavy atom. The van der Waals surface area contributed by atoms with Crippen molar-refractivity contribution in [3.8, 4) is 0 Å². The highest BCUT2D eigenvalue weighted by atomic mass is 35.5. The van der Waals surface area contributed by atoms with Gasteiger partial charge in [0.2, 0.25) is 5.91 Å². The van der Waals surface area contributed by atoms with E-state index >= 15 is 0 Å². The van der Waals surface area contributed by atoms with Gasteiger partial charge in [0.25, 0.3) is 5.91 Å². The van der Waals surface area contributed by atoms with Crippen molar-refractivity contribution in [3.05, 3.63) is 65.2 Å². The first-order valence-electron chi connectivity index (χ1n) is 8.37. The first kappa shape index (κ1) is 21.7. The van der Waals surface area contributed by atoms with Crippen molar-refractivity contribution >= 4 is 29.9 Å². The number of halogens is 1. The summed E-state index contributed by atoms with van der Waals surface area (Å²) in [5.74, 6) is -0.114. The Morgan fingerprint density at radius 1 is 1.00 bits per heavy atom. The number of rotatable bonds is 6. The average molecular weight is 376 g/mol. The molecule has 2 aromatic carbocycles. The van der Waals surface area contributed by atoms with Crippen LogP contribution in [0.4, 0.5) is 5.69 Å². The van der Waals surface area contributed by atoms with E-state index in [-0.39, 0.29) is 30.3 Å². The summed E-state index contributed by atoms with van der Waals surface area (Å²) >= 11 is 0. The van der Waals surface area contributed by atoms with E-state index in [9.17, 15) is 9.59 Å². The van der Waals surface area contributed by atoms with Gasteiger partial charge in [0.05, 0.1) is 0 Å². The number of hydrogen-bond donors (Lipinski definition) is 2. The number of anilines is 1. The van der Waals surface area contributed by atoms with Crippen molar-refractivity contribution in [2.24, 2.45) is 5.73 Å². The number of benzene rings is 2. The summed E-state index contributed by atoms with van der Waals surface area (Å²) in [4.78, 5) is 25.7. The van der Waals surface area contributed by atoms with E-state index < -0.39 is 0 Å². The molecule has 0 unspecified atom stereocenters. The minimum absolute atomic E-state index is 0. The Kier molecular flexibility index (Phi) is 8.29. The van der Waals surface area contributed by atoms with Gasteiger partial charge in [0, 0.05) is 37.3 Å². The van der Waals surface area contributed by atoms with Gasteiger partial charge >= 0.3 is 0 Å². The van der Waals surface area contributed by atoms with E-state index in [0.29, 0.717) is 18.7 Å². The van der Waals surface area contributed by atoms with Crippen LogP contribution in [0.2, 0.25) is 0 Å². The lowest BCUT2D eigenvalue weighted by molar-refractivity contribution is -0.131. The molecule has 0 atom stereocenters. The molecule has 0 spiro atoms. The van der Waals surface area contributed by atoms with Crippen LogP contribution in [0.15, 0.2) is 48.5 Å². The first-order valence-corrected chi connectivity index (χ1v) is 8.37. The van der Waals surface area contributed by atoms with Crippen LogP contribution in [0.3, 0.4) is 0 Å². The summed E-state index contributed by atoms with van der Waals surface area (Å²) in [5.41, 5.74) is 8.87. The molecule has 2 aromatic rings. The molecule has 5 nitrogen and oxygen atoms in total. The van der Waals surface area contributed by atoms with Gasteiger partial charge in [0.15, 0.2) is 0 Å². The molecule has 0 saturated heterocycles. The molecule has 0 saturated carbocycles. The normalized spacial score (nSPS) is 10.2. The van der Waals surface area contributed by atoms with E-state index in [1.165, 1.54) is 0 Å². The minimum Gasteiger partial charge on any atom is -0.336 e. The molecule has 3 N–H and O–H groups in total. The average Bonchev–Trinajstić information content (AvgIpc) is 2.60. The minimum atomic E-state index is -0.163. The standard InChI is InChI=1S/C20H25N3O2.ClH/c1-14(2)23(15(3)24)13-17-6-10-19(11-7-17)22-20(25)18-8-4-16(12-21)5-9-18;/h4-11,14H,12-13,21H2,1-3H3,(H,22,25);1H. The predicted molar refractivity (Wildman–Crippen MR) is 107 cm³/mol. The van der Waals surface area contributed by atoms with Crippen molar-refractivity contribution in [3.63, 3.8) is 0 Å². The van der Waals surface area contributed by atoms with Crippen molar-refractivity contribution in [1.82, 2.24) is 4.90 Å². The summed E-state index contributed by atoms with van der Waals surface area (Å²) in [6.07, 6.45) is 0. The monoisotopic (exact) mass is 375 g/mol. The highest BCUT2D eigenvalue weighted by molar-refractivity contribution is 6.04. The number of nitrogens with two attached hydrogens (primary N) is 1.